The lowest BCUT2D eigenvalue weighted by Gasteiger charge is -1.94. The van der Waals surface area contributed by atoms with Gasteiger partial charge in [-0.05, 0) is 29.2 Å². The number of halogens is 1. The van der Waals surface area contributed by atoms with Crippen molar-refractivity contribution in [2.45, 2.75) is 6.54 Å². The summed E-state index contributed by atoms with van der Waals surface area (Å²) in [5.41, 5.74) is 0.779. The van der Waals surface area contributed by atoms with E-state index in [2.05, 4.69) is 36.2 Å². The normalized spacial score (nSPS) is 10.7. The van der Waals surface area contributed by atoms with Crippen LogP contribution in [0.4, 0.5) is 5.95 Å². The minimum atomic E-state index is -0.669. The van der Waals surface area contributed by atoms with Gasteiger partial charge in [-0.2, -0.15) is 4.68 Å². The molecule has 0 aliphatic rings. The van der Waals surface area contributed by atoms with Gasteiger partial charge < -0.3 is 14.5 Å². The Balaban J connectivity index is 1.78. The van der Waals surface area contributed by atoms with Gasteiger partial charge in [0, 0.05) is 15.1 Å². The highest BCUT2D eigenvalue weighted by Gasteiger charge is 2.16. The third-order valence-electron chi connectivity index (χ3n) is 2.54. The molecule has 0 fully saturated rings. The Morgan fingerprint density at radius 1 is 1.29 bits per heavy atom. The fourth-order valence-corrected chi connectivity index (χ4v) is 1.87. The smallest absolute Gasteiger partial charge is 0.419 e. The number of nitrogens with zero attached hydrogens (tertiary/aromatic N) is 6. The van der Waals surface area contributed by atoms with Crippen LogP contribution < -0.4 is 0 Å². The first-order valence-corrected chi connectivity index (χ1v) is 6.53. The van der Waals surface area contributed by atoms with E-state index in [1.807, 2.05) is 24.3 Å². The van der Waals surface area contributed by atoms with Crippen LogP contribution in [-0.2, 0) is 6.54 Å². The van der Waals surface area contributed by atoms with Crippen LogP contribution in [0.15, 0.2) is 39.5 Å². The molecule has 3 aromatic rings. The van der Waals surface area contributed by atoms with Crippen LogP contribution in [0, 0.1) is 10.1 Å². The molecular formula is C11H7BrN6O3. The first-order chi connectivity index (χ1) is 10.1. The Hall–Kier alpha value is -2.62. The molecule has 0 spiro atoms. The summed E-state index contributed by atoms with van der Waals surface area (Å²) < 4.78 is 7.69. The monoisotopic (exact) mass is 350 g/mol. The molecule has 0 amide bonds. The number of hydrogen-bond donors (Lipinski definition) is 0. The molecule has 0 saturated heterocycles. The van der Waals surface area contributed by atoms with E-state index in [1.54, 1.807) is 0 Å². The fraction of sp³-hybridized carbons (Fsp3) is 0.0909. The molecule has 1 aromatic carbocycles. The highest BCUT2D eigenvalue weighted by atomic mass is 79.9. The molecule has 2 aromatic heterocycles. The Morgan fingerprint density at radius 2 is 2.05 bits per heavy atom. The van der Waals surface area contributed by atoms with Crippen molar-refractivity contribution in [2.24, 2.45) is 0 Å². The van der Waals surface area contributed by atoms with Gasteiger partial charge in [0.1, 0.15) is 6.54 Å². The summed E-state index contributed by atoms with van der Waals surface area (Å²) in [7, 11) is 0. The van der Waals surface area contributed by atoms with Crippen LogP contribution in [0.2, 0.25) is 0 Å². The van der Waals surface area contributed by atoms with Crippen LogP contribution in [0.1, 0.15) is 5.89 Å². The molecule has 0 saturated carbocycles. The Kier molecular flexibility index (Phi) is 3.44. The fourth-order valence-electron chi connectivity index (χ4n) is 1.61. The Bertz CT molecular complexity index is 781. The molecule has 0 N–H and O–H groups in total. The predicted octanol–water partition coefficient (Wildman–Crippen LogP) is 2.05. The quantitative estimate of drug-likeness (QED) is 0.522. The third-order valence-corrected chi connectivity index (χ3v) is 3.07. The van der Waals surface area contributed by atoms with Crippen molar-refractivity contribution in [1.29, 1.82) is 0 Å². The van der Waals surface area contributed by atoms with Gasteiger partial charge in [-0.3, -0.25) is 0 Å². The van der Waals surface area contributed by atoms with Crippen molar-refractivity contribution in [3.63, 3.8) is 0 Å². The van der Waals surface area contributed by atoms with E-state index in [0.717, 1.165) is 10.0 Å². The summed E-state index contributed by atoms with van der Waals surface area (Å²) in [5, 5.41) is 22.0. The number of benzene rings is 1. The number of hydrogen-bond acceptors (Lipinski definition) is 7. The molecule has 0 bridgehead atoms. The second kappa shape index (κ2) is 5.40. The average Bonchev–Trinajstić information content (AvgIpc) is 3.10. The zero-order chi connectivity index (χ0) is 14.8. The van der Waals surface area contributed by atoms with E-state index in [-0.39, 0.29) is 12.4 Å². The van der Waals surface area contributed by atoms with Crippen molar-refractivity contribution in [1.82, 2.24) is 25.0 Å². The van der Waals surface area contributed by atoms with Crippen LogP contribution >= 0.6 is 15.9 Å². The van der Waals surface area contributed by atoms with Gasteiger partial charge in [-0.1, -0.05) is 20.9 Å². The molecule has 0 radical (unpaired) electrons. The topological polar surface area (TPSA) is 113 Å². The Labute approximate surface area is 125 Å². The highest BCUT2D eigenvalue weighted by molar-refractivity contribution is 9.10. The van der Waals surface area contributed by atoms with E-state index in [1.165, 1.54) is 11.0 Å². The molecule has 106 valence electrons. The summed E-state index contributed by atoms with van der Waals surface area (Å²) in [6.07, 6.45) is 1.24. The Morgan fingerprint density at radius 3 is 2.71 bits per heavy atom. The second-order valence-corrected chi connectivity index (χ2v) is 4.92. The summed E-state index contributed by atoms with van der Waals surface area (Å²) in [6.45, 7) is 0.115. The maximum absolute atomic E-state index is 10.5. The maximum Gasteiger partial charge on any atom is 0.490 e. The lowest BCUT2D eigenvalue weighted by Crippen LogP contribution is -2.01. The lowest BCUT2D eigenvalue weighted by atomic mass is 10.2. The lowest BCUT2D eigenvalue weighted by molar-refractivity contribution is -0.394. The molecule has 3 rings (SSSR count). The van der Waals surface area contributed by atoms with Gasteiger partial charge in [0.15, 0.2) is 0 Å². The van der Waals surface area contributed by atoms with E-state index < -0.39 is 10.9 Å². The van der Waals surface area contributed by atoms with Crippen molar-refractivity contribution in [2.75, 3.05) is 0 Å². The summed E-state index contributed by atoms with van der Waals surface area (Å²) in [5.74, 6) is 0.183. The van der Waals surface area contributed by atoms with E-state index in [4.69, 9.17) is 4.42 Å². The van der Waals surface area contributed by atoms with Gasteiger partial charge in [-0.15, -0.1) is 10.2 Å². The van der Waals surface area contributed by atoms with Crippen LogP contribution in [0.25, 0.3) is 11.5 Å². The van der Waals surface area contributed by atoms with Gasteiger partial charge in [0.25, 0.3) is 0 Å². The molecule has 0 unspecified atom stereocenters. The van der Waals surface area contributed by atoms with Crippen LogP contribution in [-0.4, -0.2) is 29.9 Å². The highest BCUT2D eigenvalue weighted by Crippen LogP contribution is 2.20. The van der Waals surface area contributed by atoms with Crippen LogP contribution in [0.3, 0.4) is 0 Å². The standard InChI is InChI=1S/C11H7BrN6O3/c12-8-3-1-7(2-4-8)10-15-14-9(21-10)5-17-6-13-11(16-17)18(19)20/h1-4,6H,5H2. The number of aromatic nitrogens is 5. The molecule has 21 heavy (non-hydrogen) atoms. The summed E-state index contributed by atoms with van der Waals surface area (Å²) in [6, 6.07) is 7.39. The minimum absolute atomic E-state index is 0.115. The molecule has 0 aliphatic heterocycles. The molecule has 9 nitrogen and oxygen atoms in total. The summed E-state index contributed by atoms with van der Waals surface area (Å²) >= 11 is 3.34. The third kappa shape index (κ3) is 2.94. The predicted molar refractivity (Wildman–Crippen MR) is 73.2 cm³/mol. The van der Waals surface area contributed by atoms with Crippen molar-refractivity contribution >= 4 is 21.9 Å². The zero-order valence-electron chi connectivity index (χ0n) is 10.4. The zero-order valence-corrected chi connectivity index (χ0v) is 12.0. The molecule has 0 atom stereocenters. The number of nitro groups is 1. The molecule has 2 heterocycles. The van der Waals surface area contributed by atoms with E-state index in [0.29, 0.717) is 5.89 Å². The molecule has 10 heteroatoms. The van der Waals surface area contributed by atoms with Crippen molar-refractivity contribution < 1.29 is 9.34 Å². The SMILES string of the molecule is O=[N+]([O-])c1ncn(Cc2nnc(-c3ccc(Br)cc3)o2)n1. The first kappa shape index (κ1) is 13.4. The van der Waals surface area contributed by atoms with Gasteiger partial charge in [-0.25, -0.2) is 0 Å². The largest absolute Gasteiger partial charge is 0.490 e. The maximum atomic E-state index is 10.5. The summed E-state index contributed by atoms with van der Waals surface area (Å²) in [4.78, 5) is 13.4. The van der Waals surface area contributed by atoms with Gasteiger partial charge in [0.05, 0.1) is 0 Å². The molecular weight excluding hydrogens is 344 g/mol. The molecule has 0 aliphatic carbocycles. The average molecular weight is 351 g/mol. The second-order valence-electron chi connectivity index (χ2n) is 4.01. The minimum Gasteiger partial charge on any atom is -0.419 e. The van der Waals surface area contributed by atoms with Gasteiger partial charge >= 0.3 is 5.95 Å². The number of rotatable bonds is 4. The van der Waals surface area contributed by atoms with Crippen molar-refractivity contribution in [3.8, 4) is 11.5 Å². The van der Waals surface area contributed by atoms with Crippen LogP contribution in [0.5, 0.6) is 0 Å². The van der Waals surface area contributed by atoms with Gasteiger partial charge in [0.2, 0.25) is 18.1 Å². The first-order valence-electron chi connectivity index (χ1n) is 5.74. The van der Waals surface area contributed by atoms with E-state index in [9.17, 15) is 10.1 Å². The van der Waals surface area contributed by atoms with E-state index >= 15 is 0 Å². The van der Waals surface area contributed by atoms with Crippen molar-refractivity contribution in [3.05, 3.63) is 51.1 Å².